The number of amidine groups is 1. The summed E-state index contributed by atoms with van der Waals surface area (Å²) in [5, 5.41) is 4.15. The van der Waals surface area contributed by atoms with Crippen molar-refractivity contribution in [2.45, 2.75) is 31.1 Å². The van der Waals surface area contributed by atoms with Crippen molar-refractivity contribution in [3.05, 3.63) is 65.0 Å². The number of carbonyl (C=O) groups is 2. The molecule has 8 heteroatoms. The van der Waals surface area contributed by atoms with Crippen LogP contribution in [0.2, 0.25) is 0 Å². The Kier molecular flexibility index (Phi) is 6.93. The monoisotopic (exact) mass is 449 g/mol. The Labute approximate surface area is 194 Å². The summed E-state index contributed by atoms with van der Waals surface area (Å²) in [6.07, 6.45) is 9.34. The lowest BCUT2D eigenvalue weighted by Gasteiger charge is -2.14. The average molecular weight is 450 g/mol. The maximum atomic E-state index is 12.5. The number of aromatic nitrogens is 1. The van der Waals surface area contributed by atoms with Gasteiger partial charge >= 0.3 is 0 Å². The van der Waals surface area contributed by atoms with Gasteiger partial charge in [0.2, 0.25) is 5.91 Å². The molecule has 33 heavy (non-hydrogen) atoms. The van der Waals surface area contributed by atoms with Crippen LogP contribution in [0, 0.1) is 0 Å². The van der Waals surface area contributed by atoms with Gasteiger partial charge in [-0.3, -0.25) is 9.59 Å². The number of carbonyl (C=O) groups excluding carboxylic acids is 2. The summed E-state index contributed by atoms with van der Waals surface area (Å²) in [6.45, 7) is 1.58. The summed E-state index contributed by atoms with van der Waals surface area (Å²) in [5.74, 6) is 0.901. The summed E-state index contributed by atoms with van der Waals surface area (Å²) in [5.41, 5.74) is 13.2. The number of hydrogen-bond acceptors (Lipinski definition) is 5. The zero-order valence-corrected chi connectivity index (χ0v) is 19.2. The summed E-state index contributed by atoms with van der Waals surface area (Å²) in [6, 6.07) is 8.41. The van der Waals surface area contributed by atoms with Crippen LogP contribution in [0.1, 0.15) is 58.3 Å². The van der Waals surface area contributed by atoms with E-state index in [2.05, 4.69) is 34.8 Å². The minimum Gasteiger partial charge on any atom is -0.381 e. The molecule has 1 atom stereocenters. The Morgan fingerprint density at radius 3 is 2.64 bits per heavy atom. The number of aldehydes is 1. The molecule has 1 amide bonds. The van der Waals surface area contributed by atoms with Crippen LogP contribution in [0.4, 0.5) is 0 Å². The highest BCUT2D eigenvalue weighted by Crippen LogP contribution is 2.40. The highest BCUT2D eigenvalue weighted by molar-refractivity contribution is 6.04. The van der Waals surface area contributed by atoms with E-state index >= 15 is 0 Å². The van der Waals surface area contributed by atoms with Crippen LogP contribution in [0.5, 0.6) is 0 Å². The molecule has 1 aliphatic heterocycles. The summed E-state index contributed by atoms with van der Waals surface area (Å²) in [7, 11) is 3.26. The first-order valence-electron chi connectivity index (χ1n) is 11.3. The van der Waals surface area contributed by atoms with Gasteiger partial charge in [-0.15, -0.1) is 0 Å². The van der Waals surface area contributed by atoms with Crippen LogP contribution < -0.4 is 11.2 Å². The second-order valence-electron chi connectivity index (χ2n) is 8.55. The van der Waals surface area contributed by atoms with Gasteiger partial charge < -0.3 is 25.4 Å². The minimum atomic E-state index is -0.0474. The van der Waals surface area contributed by atoms with Crippen molar-refractivity contribution in [2.24, 2.45) is 10.8 Å². The van der Waals surface area contributed by atoms with Crippen molar-refractivity contribution in [3.8, 4) is 5.69 Å². The number of nitrogens with zero attached hydrogens (tertiary/aromatic N) is 3. The highest BCUT2D eigenvalue weighted by Gasteiger charge is 2.31. The van der Waals surface area contributed by atoms with Crippen LogP contribution in [-0.4, -0.2) is 61.3 Å². The van der Waals surface area contributed by atoms with Gasteiger partial charge in [0.15, 0.2) is 12.1 Å². The van der Waals surface area contributed by atoms with Crippen molar-refractivity contribution in [1.82, 2.24) is 14.9 Å². The summed E-state index contributed by atoms with van der Waals surface area (Å²) >= 11 is 0. The quantitative estimate of drug-likeness (QED) is 0.201. The lowest BCUT2D eigenvalue weighted by Crippen LogP contribution is -2.26. The van der Waals surface area contributed by atoms with E-state index in [1.807, 2.05) is 10.8 Å². The van der Waals surface area contributed by atoms with Crippen molar-refractivity contribution in [1.29, 1.82) is 0 Å². The van der Waals surface area contributed by atoms with Gasteiger partial charge in [0, 0.05) is 56.7 Å². The van der Waals surface area contributed by atoms with Crippen LogP contribution in [0.15, 0.2) is 47.7 Å². The second kappa shape index (κ2) is 10.0. The maximum absolute atomic E-state index is 12.5. The third kappa shape index (κ3) is 4.85. The molecule has 2 heterocycles. The molecular formula is C25H31N5O3. The predicted molar refractivity (Wildman–Crippen MR) is 128 cm³/mol. The van der Waals surface area contributed by atoms with E-state index in [0.29, 0.717) is 36.9 Å². The SMILES string of the molecule is CN/N=C(/N)c1c(C=O)c(C2CCN(C(=O)/C=C/COC)C2)cn1-c1ccc(C2CC2)cc1. The largest absolute Gasteiger partial charge is 0.381 e. The number of methoxy groups -OCH3 is 1. The van der Waals surface area contributed by atoms with E-state index in [9.17, 15) is 9.59 Å². The van der Waals surface area contributed by atoms with Gasteiger partial charge in [-0.1, -0.05) is 18.2 Å². The Balaban J connectivity index is 1.67. The van der Waals surface area contributed by atoms with E-state index in [1.165, 1.54) is 18.4 Å². The number of likely N-dealkylation sites (tertiary alicyclic amines) is 1. The zero-order chi connectivity index (χ0) is 23.4. The molecule has 0 radical (unpaired) electrons. The first-order chi connectivity index (χ1) is 16.1. The lowest BCUT2D eigenvalue weighted by molar-refractivity contribution is -0.125. The van der Waals surface area contributed by atoms with E-state index in [-0.39, 0.29) is 17.7 Å². The number of hydrogen-bond donors (Lipinski definition) is 2. The fraction of sp³-hybridized carbons (Fsp3) is 0.400. The molecule has 3 N–H and O–H groups in total. The molecule has 0 spiro atoms. The number of hydrazone groups is 1. The van der Waals surface area contributed by atoms with Gasteiger partial charge in [0.1, 0.15) is 5.69 Å². The normalized spacial score (nSPS) is 18.8. The van der Waals surface area contributed by atoms with Crippen LogP contribution in [0.3, 0.4) is 0 Å². The van der Waals surface area contributed by atoms with E-state index in [4.69, 9.17) is 10.5 Å². The van der Waals surface area contributed by atoms with Gasteiger partial charge in [-0.25, -0.2) is 0 Å². The van der Waals surface area contributed by atoms with Gasteiger partial charge in [0.25, 0.3) is 0 Å². The van der Waals surface area contributed by atoms with Crippen molar-refractivity contribution >= 4 is 18.0 Å². The highest BCUT2D eigenvalue weighted by atomic mass is 16.5. The molecule has 1 aromatic heterocycles. The number of nitrogens with one attached hydrogen (secondary N) is 1. The smallest absolute Gasteiger partial charge is 0.246 e. The standard InChI is InChI=1S/C25H31N5O3/c1-27-28-25(26)24-22(16-31)21(19-11-12-29(14-19)23(32)4-3-13-33-2)15-30(24)20-9-7-18(8-10-20)17-5-6-17/h3-4,7-10,15-17,19,27H,5-6,11-14H2,1-2H3,(H2,26,28)/b4-3+. The molecule has 2 fully saturated rings. The van der Waals surface area contributed by atoms with Crippen molar-refractivity contribution in [2.75, 3.05) is 33.9 Å². The molecular weight excluding hydrogens is 418 g/mol. The zero-order valence-electron chi connectivity index (χ0n) is 19.2. The molecule has 1 saturated heterocycles. The topological polar surface area (TPSA) is 102 Å². The first-order valence-corrected chi connectivity index (χ1v) is 11.3. The number of rotatable bonds is 9. The summed E-state index contributed by atoms with van der Waals surface area (Å²) < 4.78 is 6.91. The van der Waals surface area contributed by atoms with Gasteiger partial charge in [-0.2, -0.15) is 5.10 Å². The molecule has 2 aliphatic rings. The second-order valence-corrected chi connectivity index (χ2v) is 8.55. The molecule has 4 rings (SSSR count). The van der Waals surface area contributed by atoms with Crippen LogP contribution in [0.25, 0.3) is 5.69 Å². The number of benzene rings is 1. The third-order valence-electron chi connectivity index (χ3n) is 6.35. The number of nitrogens with two attached hydrogens (primary N) is 1. The average Bonchev–Trinajstić information content (AvgIpc) is 3.42. The van der Waals surface area contributed by atoms with Gasteiger partial charge in [0.05, 0.1) is 6.61 Å². The fourth-order valence-corrected chi connectivity index (χ4v) is 4.52. The van der Waals surface area contributed by atoms with Gasteiger partial charge in [-0.05, 0) is 48.4 Å². The van der Waals surface area contributed by atoms with Crippen LogP contribution in [-0.2, 0) is 9.53 Å². The number of ether oxygens (including phenoxy) is 1. The summed E-state index contributed by atoms with van der Waals surface area (Å²) in [4.78, 5) is 26.5. The van der Waals surface area contributed by atoms with E-state index in [1.54, 1.807) is 31.2 Å². The molecule has 8 nitrogen and oxygen atoms in total. The number of amides is 1. The van der Waals surface area contributed by atoms with Crippen molar-refractivity contribution < 1.29 is 14.3 Å². The predicted octanol–water partition coefficient (Wildman–Crippen LogP) is 2.53. The molecule has 2 aromatic rings. The van der Waals surface area contributed by atoms with Crippen LogP contribution >= 0.6 is 0 Å². The molecule has 1 unspecified atom stereocenters. The minimum absolute atomic E-state index is 0.0399. The maximum Gasteiger partial charge on any atom is 0.246 e. The Hall–Kier alpha value is -3.39. The van der Waals surface area contributed by atoms with E-state index in [0.717, 1.165) is 24.0 Å². The molecule has 1 saturated carbocycles. The van der Waals surface area contributed by atoms with E-state index < -0.39 is 0 Å². The van der Waals surface area contributed by atoms with Crippen molar-refractivity contribution in [3.63, 3.8) is 0 Å². The lowest BCUT2D eigenvalue weighted by atomic mass is 9.96. The first kappa shape index (κ1) is 22.8. The molecule has 174 valence electrons. The Morgan fingerprint density at radius 1 is 1.24 bits per heavy atom. The Morgan fingerprint density at radius 2 is 2.00 bits per heavy atom. The Bertz CT molecular complexity index is 1070. The molecule has 0 bridgehead atoms. The molecule has 1 aromatic carbocycles. The molecule has 1 aliphatic carbocycles. The fourth-order valence-electron chi connectivity index (χ4n) is 4.52. The third-order valence-corrected chi connectivity index (χ3v) is 6.35.